The van der Waals surface area contributed by atoms with E-state index in [1.807, 2.05) is 0 Å². The molecule has 0 aromatic carbocycles. The molecule has 1 aliphatic heterocycles. The topological polar surface area (TPSA) is 61.2 Å². The van der Waals surface area contributed by atoms with Crippen LogP contribution in [0.15, 0.2) is 11.8 Å². The first-order valence-corrected chi connectivity index (χ1v) is 3.59. The average Bonchev–Trinajstić information content (AvgIpc) is 2.32. The highest BCUT2D eigenvalue weighted by Gasteiger charge is 2.29. The Kier molecular flexibility index (Phi) is 2.24. The molecule has 2 amide bonds. The Morgan fingerprint density at radius 2 is 2.00 bits per heavy atom. The normalized spacial score (nSPS) is 18.3. The average molecular weight is 164 g/mol. The zero-order valence-corrected chi connectivity index (χ0v) is 6.70. The fourth-order valence-corrected chi connectivity index (χ4v) is 1.13. The van der Waals surface area contributed by atoms with Gasteiger partial charge in [0.2, 0.25) is 11.8 Å². The van der Waals surface area contributed by atoms with Crippen LogP contribution in [0.4, 0.5) is 0 Å². The second-order valence-electron chi connectivity index (χ2n) is 2.54. The van der Waals surface area contributed by atoms with E-state index < -0.39 is 0 Å². The summed E-state index contributed by atoms with van der Waals surface area (Å²) in [5.41, 5.74) is 0.407. The molecule has 1 fully saturated rings. The van der Waals surface area contributed by atoms with Crippen LogP contribution in [-0.2, 0) is 9.59 Å². The highest BCUT2D eigenvalue weighted by molar-refractivity contribution is 6.03. The van der Waals surface area contributed by atoms with E-state index in [4.69, 9.17) is 5.26 Å². The lowest BCUT2D eigenvalue weighted by molar-refractivity contribution is -0.135. The van der Waals surface area contributed by atoms with E-state index in [-0.39, 0.29) is 24.7 Å². The van der Waals surface area contributed by atoms with Gasteiger partial charge in [-0.1, -0.05) is 0 Å². The summed E-state index contributed by atoms with van der Waals surface area (Å²) in [4.78, 5) is 23.2. The van der Waals surface area contributed by atoms with Crippen LogP contribution in [0.1, 0.15) is 19.8 Å². The Labute approximate surface area is 70.1 Å². The molecular formula is C8H8N2O2. The van der Waals surface area contributed by atoms with Crippen molar-refractivity contribution in [1.82, 2.24) is 4.90 Å². The SMILES string of the molecule is C/C(=C/C#N)N1C(=O)CCC1=O. The predicted molar refractivity (Wildman–Crippen MR) is 40.5 cm³/mol. The van der Waals surface area contributed by atoms with Crippen LogP contribution in [0.25, 0.3) is 0 Å². The first kappa shape index (κ1) is 8.47. The predicted octanol–water partition coefficient (Wildman–Crippen LogP) is 0.563. The van der Waals surface area contributed by atoms with E-state index in [0.717, 1.165) is 4.90 Å². The van der Waals surface area contributed by atoms with Gasteiger partial charge in [-0.05, 0) is 6.92 Å². The Bertz CT molecular complexity index is 283. The lowest BCUT2D eigenvalue weighted by Crippen LogP contribution is -2.26. The maximum Gasteiger partial charge on any atom is 0.234 e. The molecule has 4 nitrogen and oxygen atoms in total. The maximum absolute atomic E-state index is 11.1. The van der Waals surface area contributed by atoms with Gasteiger partial charge in [0.1, 0.15) is 0 Å². The van der Waals surface area contributed by atoms with E-state index in [1.165, 1.54) is 6.08 Å². The lowest BCUT2D eigenvalue weighted by Gasteiger charge is -2.12. The number of nitrogens with zero attached hydrogens (tertiary/aromatic N) is 2. The minimum Gasteiger partial charge on any atom is -0.274 e. The Hall–Kier alpha value is -1.63. The minimum absolute atomic E-state index is 0.219. The first-order valence-electron chi connectivity index (χ1n) is 3.59. The minimum atomic E-state index is -0.219. The summed E-state index contributed by atoms with van der Waals surface area (Å²) in [7, 11) is 0. The monoisotopic (exact) mass is 164 g/mol. The van der Waals surface area contributed by atoms with Gasteiger partial charge in [-0.2, -0.15) is 5.26 Å². The Balaban J connectivity index is 2.88. The van der Waals surface area contributed by atoms with Crippen molar-refractivity contribution in [2.75, 3.05) is 0 Å². The number of allylic oxidation sites excluding steroid dienone is 2. The second kappa shape index (κ2) is 3.18. The molecule has 1 aliphatic rings. The number of amides is 2. The summed E-state index contributed by atoms with van der Waals surface area (Å²) in [6.07, 6.45) is 1.71. The third-order valence-corrected chi connectivity index (χ3v) is 1.68. The zero-order valence-electron chi connectivity index (χ0n) is 6.70. The molecule has 0 aromatic heterocycles. The van der Waals surface area contributed by atoms with Crippen molar-refractivity contribution in [2.45, 2.75) is 19.8 Å². The summed E-state index contributed by atoms with van der Waals surface area (Å²) in [6, 6.07) is 1.78. The number of carbonyl (C=O) groups excluding carboxylic acids is 2. The van der Waals surface area contributed by atoms with Crippen molar-refractivity contribution < 1.29 is 9.59 Å². The van der Waals surface area contributed by atoms with Crippen LogP contribution < -0.4 is 0 Å². The van der Waals surface area contributed by atoms with Gasteiger partial charge in [-0.3, -0.25) is 14.5 Å². The fraction of sp³-hybridized carbons (Fsp3) is 0.375. The number of imide groups is 1. The number of carbonyl (C=O) groups is 2. The van der Waals surface area contributed by atoms with Gasteiger partial charge in [-0.15, -0.1) is 0 Å². The molecule has 1 heterocycles. The molecule has 0 aromatic rings. The molecule has 0 saturated carbocycles. The summed E-state index contributed by atoms with van der Waals surface area (Å²) >= 11 is 0. The summed E-state index contributed by atoms with van der Waals surface area (Å²) in [5, 5.41) is 8.29. The van der Waals surface area contributed by atoms with E-state index in [9.17, 15) is 9.59 Å². The number of hydrogen-bond donors (Lipinski definition) is 0. The van der Waals surface area contributed by atoms with Gasteiger partial charge >= 0.3 is 0 Å². The molecule has 62 valence electrons. The van der Waals surface area contributed by atoms with E-state index in [1.54, 1.807) is 13.0 Å². The molecule has 0 aliphatic carbocycles. The van der Waals surface area contributed by atoms with Gasteiger partial charge in [0.05, 0.1) is 6.07 Å². The zero-order chi connectivity index (χ0) is 9.14. The van der Waals surface area contributed by atoms with Crippen molar-refractivity contribution in [3.05, 3.63) is 11.8 Å². The first-order chi connectivity index (χ1) is 5.66. The number of hydrogen-bond acceptors (Lipinski definition) is 3. The standard InChI is InChI=1S/C8H8N2O2/c1-6(4-5-9)10-7(11)2-3-8(10)12/h4H,2-3H2,1H3/b6-4-. The molecule has 0 spiro atoms. The molecule has 0 bridgehead atoms. The largest absolute Gasteiger partial charge is 0.274 e. The van der Waals surface area contributed by atoms with Crippen LogP contribution >= 0.6 is 0 Å². The van der Waals surface area contributed by atoms with Crippen LogP contribution in [0.3, 0.4) is 0 Å². The van der Waals surface area contributed by atoms with Crippen molar-refractivity contribution in [3.8, 4) is 6.07 Å². The summed E-state index contributed by atoms with van der Waals surface area (Å²) in [6.45, 7) is 1.57. The van der Waals surface area contributed by atoms with Crippen molar-refractivity contribution in [3.63, 3.8) is 0 Å². The summed E-state index contributed by atoms with van der Waals surface area (Å²) < 4.78 is 0. The molecule has 1 rings (SSSR count). The molecule has 12 heavy (non-hydrogen) atoms. The Morgan fingerprint density at radius 1 is 1.50 bits per heavy atom. The van der Waals surface area contributed by atoms with Crippen LogP contribution in [-0.4, -0.2) is 16.7 Å². The highest BCUT2D eigenvalue weighted by Crippen LogP contribution is 2.16. The van der Waals surface area contributed by atoms with E-state index in [2.05, 4.69) is 0 Å². The lowest BCUT2D eigenvalue weighted by atomic mass is 10.4. The van der Waals surface area contributed by atoms with Gasteiger partial charge in [-0.25, -0.2) is 0 Å². The number of likely N-dealkylation sites (tertiary alicyclic amines) is 1. The summed E-state index contributed by atoms with van der Waals surface area (Å²) in [5.74, 6) is -0.437. The molecular weight excluding hydrogens is 156 g/mol. The second-order valence-corrected chi connectivity index (χ2v) is 2.54. The van der Waals surface area contributed by atoms with Gasteiger partial charge in [0.25, 0.3) is 0 Å². The van der Waals surface area contributed by atoms with Gasteiger partial charge < -0.3 is 0 Å². The van der Waals surface area contributed by atoms with Gasteiger partial charge in [0, 0.05) is 24.6 Å². The van der Waals surface area contributed by atoms with E-state index >= 15 is 0 Å². The molecule has 0 atom stereocenters. The van der Waals surface area contributed by atoms with Crippen LogP contribution in [0.2, 0.25) is 0 Å². The van der Waals surface area contributed by atoms with Crippen LogP contribution in [0.5, 0.6) is 0 Å². The molecule has 0 radical (unpaired) electrons. The van der Waals surface area contributed by atoms with Crippen molar-refractivity contribution in [1.29, 1.82) is 5.26 Å². The fourth-order valence-electron chi connectivity index (χ4n) is 1.13. The van der Waals surface area contributed by atoms with Gasteiger partial charge in [0.15, 0.2) is 0 Å². The molecule has 0 N–H and O–H groups in total. The van der Waals surface area contributed by atoms with Crippen LogP contribution in [0, 0.1) is 11.3 Å². The number of nitriles is 1. The molecule has 0 unspecified atom stereocenters. The van der Waals surface area contributed by atoms with Crippen molar-refractivity contribution in [2.24, 2.45) is 0 Å². The maximum atomic E-state index is 11.1. The molecule has 4 heteroatoms. The van der Waals surface area contributed by atoms with Crippen molar-refractivity contribution >= 4 is 11.8 Å². The smallest absolute Gasteiger partial charge is 0.234 e. The molecule has 1 saturated heterocycles. The third kappa shape index (κ3) is 1.35. The van der Waals surface area contributed by atoms with E-state index in [0.29, 0.717) is 5.70 Å². The number of rotatable bonds is 1. The third-order valence-electron chi connectivity index (χ3n) is 1.68. The Morgan fingerprint density at radius 3 is 2.42 bits per heavy atom. The quantitative estimate of drug-likeness (QED) is 0.420. The highest BCUT2D eigenvalue weighted by atomic mass is 16.2.